The number of ether oxygens (including phenoxy) is 4. The third-order valence-corrected chi connectivity index (χ3v) is 9.45. The van der Waals surface area contributed by atoms with E-state index >= 15 is 8.78 Å². The van der Waals surface area contributed by atoms with Gasteiger partial charge >= 0.3 is 6.09 Å². The van der Waals surface area contributed by atoms with E-state index in [2.05, 4.69) is 15.3 Å². The van der Waals surface area contributed by atoms with E-state index < -0.39 is 59.6 Å². The molecule has 2 aromatic rings. The van der Waals surface area contributed by atoms with Crippen molar-refractivity contribution in [1.29, 1.82) is 0 Å². The zero-order valence-electron chi connectivity index (χ0n) is 25.3. The number of rotatable bonds is 3. The second-order valence-corrected chi connectivity index (χ2v) is 12.9. The van der Waals surface area contributed by atoms with Gasteiger partial charge in [0.05, 0.1) is 43.9 Å². The maximum atomic E-state index is 15.9. The number of alkyl carbamates (subject to hydrolysis) is 1. The Balaban J connectivity index is 1.40. The first-order valence-corrected chi connectivity index (χ1v) is 15.2. The highest BCUT2D eigenvalue weighted by molar-refractivity contribution is 5.93. The summed E-state index contributed by atoms with van der Waals surface area (Å²) in [6.45, 7) is 5.33. The van der Waals surface area contributed by atoms with Gasteiger partial charge in [0.1, 0.15) is 24.0 Å². The molecule has 238 valence electrons. The topological polar surface area (TPSA) is 129 Å². The smallest absolute Gasteiger partial charge is 0.408 e. The van der Waals surface area contributed by atoms with Gasteiger partial charge in [0.15, 0.2) is 11.5 Å². The molecule has 1 aromatic carbocycles. The van der Waals surface area contributed by atoms with E-state index in [0.717, 1.165) is 0 Å². The third-order valence-electron chi connectivity index (χ3n) is 9.45. The van der Waals surface area contributed by atoms with Crippen LogP contribution in [0.5, 0.6) is 11.6 Å². The number of methoxy groups -OCH3 is 1. The molecule has 4 aliphatic rings. The summed E-state index contributed by atoms with van der Waals surface area (Å²) in [5.41, 5.74) is -0.727. The predicted molar refractivity (Wildman–Crippen MR) is 152 cm³/mol. The van der Waals surface area contributed by atoms with Gasteiger partial charge in [-0.05, 0) is 44.2 Å². The Morgan fingerprint density at radius 2 is 1.89 bits per heavy atom. The highest BCUT2D eigenvalue weighted by atomic mass is 19.3. The summed E-state index contributed by atoms with van der Waals surface area (Å²) in [6.07, 6.45) is -0.380. The van der Waals surface area contributed by atoms with Gasteiger partial charge < -0.3 is 29.2 Å². The average Bonchev–Trinajstić information content (AvgIpc) is 3.62. The number of carbonyl (C=O) groups excluding carboxylic acids is 3. The first-order valence-electron chi connectivity index (χ1n) is 15.2. The number of benzene rings is 1. The van der Waals surface area contributed by atoms with Crippen molar-refractivity contribution in [2.75, 3.05) is 26.9 Å². The van der Waals surface area contributed by atoms with Crippen LogP contribution in [0, 0.1) is 17.3 Å². The number of hydrogen-bond acceptors (Lipinski definition) is 9. The van der Waals surface area contributed by atoms with Crippen LogP contribution in [-0.2, 0) is 25.0 Å². The van der Waals surface area contributed by atoms with E-state index in [4.69, 9.17) is 18.9 Å². The van der Waals surface area contributed by atoms with Crippen LogP contribution in [0.2, 0.25) is 0 Å². The molecule has 11 nitrogen and oxygen atoms in total. The van der Waals surface area contributed by atoms with Crippen molar-refractivity contribution < 1.29 is 42.1 Å². The van der Waals surface area contributed by atoms with Crippen LogP contribution in [0.25, 0.3) is 11.0 Å². The zero-order chi connectivity index (χ0) is 31.4. The fourth-order valence-corrected chi connectivity index (χ4v) is 6.65. The molecule has 3 fully saturated rings. The standard InChI is InChI=1S/C31H38F2N4O7/c1-16-23-13-37(24(16)17(2)38)28(39)26(30(3)14-42-15-30)36-29(40)44-22-11-18(22)7-5-6-10-31(32,33)25-27(43-23)35-21-12-19(41-4)8-9-20(21)34-25/h8-9,12,16,18,22-24,26H,5-7,10-11,13-15H2,1-4H3,(H,36,40)/t16-,18-,22-,23+,24+,26-/m1/s1. The minimum Gasteiger partial charge on any atom is -0.497 e. The molecule has 6 rings (SSSR count). The van der Waals surface area contributed by atoms with Gasteiger partial charge in [-0.2, -0.15) is 8.78 Å². The number of fused-ring (bicyclic) bond motifs is 5. The van der Waals surface area contributed by atoms with Gasteiger partial charge in [-0.3, -0.25) is 9.59 Å². The molecular formula is C31H38F2N4O7. The largest absolute Gasteiger partial charge is 0.497 e. The van der Waals surface area contributed by atoms with Crippen LogP contribution in [0.1, 0.15) is 58.6 Å². The number of alkyl halides is 2. The number of nitrogens with zero attached hydrogens (tertiary/aromatic N) is 3. The molecule has 6 atom stereocenters. The maximum absolute atomic E-state index is 15.9. The number of nitrogens with one attached hydrogen (secondary N) is 1. The van der Waals surface area contributed by atoms with Gasteiger partial charge in [0, 0.05) is 23.8 Å². The SMILES string of the molecule is COc1ccc2nc3c(nc2c1)O[C@H]1CN(C(=O)[C@H](C2(C)COC2)NC(=O)O[C@@H]2C[C@H]2CCCCC3(F)F)[C@H](C(C)=O)[C@@H]1C. The molecule has 0 unspecified atom stereocenters. The minimum atomic E-state index is -3.36. The number of Topliss-reactive ketones (excluding diaryl/α,β-unsaturated/α-hetero) is 1. The monoisotopic (exact) mass is 616 g/mol. The van der Waals surface area contributed by atoms with Crippen molar-refractivity contribution in [2.24, 2.45) is 17.3 Å². The highest BCUT2D eigenvalue weighted by Crippen LogP contribution is 2.43. The Labute approximate surface area is 254 Å². The summed E-state index contributed by atoms with van der Waals surface area (Å²) in [5, 5.41) is 2.77. The number of aromatic nitrogens is 2. The fraction of sp³-hybridized carbons (Fsp3) is 0.645. The number of ketones is 1. The van der Waals surface area contributed by atoms with Gasteiger partial charge in [-0.15, -0.1) is 0 Å². The van der Waals surface area contributed by atoms with Gasteiger partial charge in [0.25, 0.3) is 5.92 Å². The van der Waals surface area contributed by atoms with E-state index in [-0.39, 0.29) is 55.4 Å². The molecule has 2 bridgehead atoms. The summed E-state index contributed by atoms with van der Waals surface area (Å²) in [5.74, 6) is -4.51. The van der Waals surface area contributed by atoms with Crippen molar-refractivity contribution in [2.45, 2.75) is 83.1 Å². The maximum Gasteiger partial charge on any atom is 0.408 e. The lowest BCUT2D eigenvalue weighted by Crippen LogP contribution is -2.64. The zero-order valence-corrected chi connectivity index (χ0v) is 25.3. The molecule has 1 saturated carbocycles. The summed E-state index contributed by atoms with van der Waals surface area (Å²) >= 11 is 0. The van der Waals surface area contributed by atoms with Crippen molar-refractivity contribution in [3.8, 4) is 11.6 Å². The molecule has 2 saturated heterocycles. The van der Waals surface area contributed by atoms with Crippen molar-refractivity contribution in [3.63, 3.8) is 0 Å². The third kappa shape index (κ3) is 5.66. The van der Waals surface area contributed by atoms with Crippen LogP contribution in [-0.4, -0.2) is 83.8 Å². The van der Waals surface area contributed by atoms with Crippen LogP contribution < -0.4 is 14.8 Å². The summed E-state index contributed by atoms with van der Waals surface area (Å²) in [4.78, 5) is 50.2. The summed E-state index contributed by atoms with van der Waals surface area (Å²) in [7, 11) is 1.49. The van der Waals surface area contributed by atoms with Crippen molar-refractivity contribution in [1.82, 2.24) is 20.2 Å². The molecule has 3 aliphatic heterocycles. The molecule has 0 spiro atoms. The second-order valence-electron chi connectivity index (χ2n) is 12.9. The van der Waals surface area contributed by atoms with E-state index in [0.29, 0.717) is 30.5 Å². The van der Waals surface area contributed by atoms with Crippen LogP contribution in [0.15, 0.2) is 18.2 Å². The second kappa shape index (κ2) is 11.4. The van der Waals surface area contributed by atoms with Crippen LogP contribution in [0.4, 0.5) is 13.6 Å². The minimum absolute atomic E-state index is 0.0710. The number of amides is 2. The Hall–Kier alpha value is -3.61. The Bertz CT molecular complexity index is 1470. The van der Waals surface area contributed by atoms with E-state index in [9.17, 15) is 14.4 Å². The Morgan fingerprint density at radius 1 is 1.11 bits per heavy atom. The molecular weight excluding hydrogens is 578 g/mol. The highest BCUT2D eigenvalue weighted by Gasteiger charge is 2.54. The van der Waals surface area contributed by atoms with Crippen LogP contribution in [0.3, 0.4) is 0 Å². The van der Waals surface area contributed by atoms with Crippen LogP contribution >= 0.6 is 0 Å². The molecule has 13 heteroatoms. The normalized spacial score (nSPS) is 31.6. The molecule has 1 aromatic heterocycles. The molecule has 2 amide bonds. The number of hydrogen-bond donors (Lipinski definition) is 1. The summed E-state index contributed by atoms with van der Waals surface area (Å²) < 4.78 is 54.3. The molecule has 1 N–H and O–H groups in total. The first-order chi connectivity index (χ1) is 20.9. The van der Waals surface area contributed by atoms with Gasteiger partial charge in [0.2, 0.25) is 11.8 Å². The first kappa shape index (κ1) is 30.4. The lowest BCUT2D eigenvalue weighted by atomic mass is 9.79. The predicted octanol–water partition coefficient (Wildman–Crippen LogP) is 4.01. The van der Waals surface area contributed by atoms with Gasteiger partial charge in [-0.1, -0.05) is 20.3 Å². The number of carbonyl (C=O) groups is 3. The quantitative estimate of drug-likeness (QED) is 0.544. The summed E-state index contributed by atoms with van der Waals surface area (Å²) in [6, 6.07) is 2.84. The fourth-order valence-electron chi connectivity index (χ4n) is 6.65. The molecule has 1 aliphatic carbocycles. The lowest BCUT2D eigenvalue weighted by molar-refractivity contribution is -0.158. The van der Waals surface area contributed by atoms with E-state index in [1.54, 1.807) is 25.1 Å². The lowest BCUT2D eigenvalue weighted by Gasteiger charge is -2.45. The molecule has 4 heterocycles. The van der Waals surface area contributed by atoms with E-state index in [1.807, 2.05) is 6.92 Å². The van der Waals surface area contributed by atoms with Crippen molar-refractivity contribution in [3.05, 3.63) is 23.9 Å². The van der Waals surface area contributed by atoms with Crippen molar-refractivity contribution >= 4 is 28.8 Å². The Morgan fingerprint density at radius 3 is 2.57 bits per heavy atom. The average molecular weight is 617 g/mol. The van der Waals surface area contributed by atoms with E-state index in [1.165, 1.54) is 18.9 Å². The molecule has 0 radical (unpaired) electrons. The van der Waals surface area contributed by atoms with Gasteiger partial charge in [-0.25, -0.2) is 14.8 Å². The molecule has 44 heavy (non-hydrogen) atoms. The Kier molecular flexibility index (Phi) is 7.87. The number of halogens is 2.